The Morgan fingerprint density at radius 3 is 2.73 bits per heavy atom. The number of imidazole rings is 1. The van der Waals surface area contributed by atoms with Crippen molar-refractivity contribution in [2.75, 3.05) is 5.75 Å². The number of carbonyl (C=O) groups excluding carboxylic acids is 1. The molecule has 0 saturated carbocycles. The molecule has 0 saturated heterocycles. The van der Waals surface area contributed by atoms with Crippen LogP contribution in [-0.4, -0.2) is 26.1 Å². The van der Waals surface area contributed by atoms with Gasteiger partial charge in [-0.25, -0.2) is 4.98 Å². The van der Waals surface area contributed by atoms with Crippen molar-refractivity contribution < 1.29 is 9.72 Å². The number of hydrogen-bond acceptors (Lipinski definition) is 5. The molecule has 1 heterocycles. The largest absolute Gasteiger partial charge is 0.369 e. The Morgan fingerprint density at radius 2 is 2.04 bits per heavy atom. The van der Waals surface area contributed by atoms with E-state index in [1.165, 1.54) is 23.9 Å². The van der Waals surface area contributed by atoms with Crippen LogP contribution in [0.15, 0.2) is 59.9 Å². The zero-order chi connectivity index (χ0) is 18.7. The van der Waals surface area contributed by atoms with Gasteiger partial charge in [0.05, 0.1) is 22.6 Å². The third kappa shape index (κ3) is 3.87. The molecule has 1 amide bonds. The van der Waals surface area contributed by atoms with Crippen molar-refractivity contribution in [3.8, 4) is 16.9 Å². The van der Waals surface area contributed by atoms with E-state index in [2.05, 4.69) is 4.98 Å². The minimum atomic E-state index is -0.465. The summed E-state index contributed by atoms with van der Waals surface area (Å²) < 4.78 is 1.79. The molecule has 0 aliphatic rings. The molecule has 0 bridgehead atoms. The number of primary amides is 1. The van der Waals surface area contributed by atoms with Crippen molar-refractivity contribution in [3.05, 3.63) is 69.9 Å². The van der Waals surface area contributed by atoms with E-state index in [4.69, 9.17) is 17.3 Å². The van der Waals surface area contributed by atoms with E-state index in [0.29, 0.717) is 21.4 Å². The van der Waals surface area contributed by atoms with Gasteiger partial charge >= 0.3 is 0 Å². The summed E-state index contributed by atoms with van der Waals surface area (Å²) >= 11 is 7.28. The lowest BCUT2D eigenvalue weighted by Gasteiger charge is -2.12. The van der Waals surface area contributed by atoms with Gasteiger partial charge in [-0.3, -0.25) is 19.5 Å². The zero-order valence-electron chi connectivity index (χ0n) is 13.3. The normalized spacial score (nSPS) is 10.7. The first-order valence-corrected chi connectivity index (χ1v) is 8.81. The molecule has 7 nitrogen and oxygen atoms in total. The average molecular weight is 389 g/mol. The zero-order valence-corrected chi connectivity index (χ0v) is 14.9. The number of hydrogen-bond donors (Lipinski definition) is 1. The third-order valence-electron chi connectivity index (χ3n) is 3.49. The minimum Gasteiger partial charge on any atom is -0.369 e. The summed E-state index contributed by atoms with van der Waals surface area (Å²) in [6.45, 7) is 0. The number of nitro benzene ring substituents is 1. The van der Waals surface area contributed by atoms with E-state index in [1.54, 1.807) is 41.1 Å². The number of carbonyl (C=O) groups is 1. The lowest BCUT2D eigenvalue weighted by Crippen LogP contribution is -2.13. The smallest absolute Gasteiger partial charge is 0.270 e. The Bertz CT molecular complexity index is 990. The highest BCUT2D eigenvalue weighted by molar-refractivity contribution is 7.99. The molecule has 0 atom stereocenters. The molecular formula is C17H13ClN4O3S. The van der Waals surface area contributed by atoms with E-state index in [9.17, 15) is 14.9 Å². The second kappa shape index (κ2) is 7.59. The highest BCUT2D eigenvalue weighted by Crippen LogP contribution is 2.32. The molecule has 3 rings (SSSR count). The average Bonchev–Trinajstić information content (AvgIpc) is 3.04. The van der Waals surface area contributed by atoms with Crippen LogP contribution in [0.2, 0.25) is 5.02 Å². The fourth-order valence-electron chi connectivity index (χ4n) is 2.42. The molecule has 2 aromatic carbocycles. The molecule has 26 heavy (non-hydrogen) atoms. The Kier molecular flexibility index (Phi) is 5.24. The third-order valence-corrected chi connectivity index (χ3v) is 4.70. The van der Waals surface area contributed by atoms with Crippen molar-refractivity contribution in [2.24, 2.45) is 5.73 Å². The van der Waals surface area contributed by atoms with Crippen molar-refractivity contribution in [1.82, 2.24) is 9.55 Å². The van der Waals surface area contributed by atoms with E-state index in [1.807, 2.05) is 6.07 Å². The number of rotatable bonds is 6. The summed E-state index contributed by atoms with van der Waals surface area (Å²) in [6, 6.07) is 13.4. The number of non-ortho nitro benzene ring substituents is 1. The van der Waals surface area contributed by atoms with Crippen molar-refractivity contribution in [3.63, 3.8) is 0 Å². The highest BCUT2D eigenvalue weighted by Gasteiger charge is 2.17. The van der Waals surface area contributed by atoms with Gasteiger partial charge in [0.1, 0.15) is 0 Å². The number of nitrogens with two attached hydrogens (primary N) is 1. The highest BCUT2D eigenvalue weighted by atomic mass is 35.5. The first kappa shape index (κ1) is 18.0. The second-order valence-corrected chi connectivity index (χ2v) is 6.68. The van der Waals surface area contributed by atoms with Crippen LogP contribution in [0.4, 0.5) is 5.69 Å². The molecule has 0 radical (unpaired) electrons. The molecule has 9 heteroatoms. The van der Waals surface area contributed by atoms with Crippen LogP contribution in [-0.2, 0) is 4.79 Å². The fraction of sp³-hybridized carbons (Fsp3) is 0.0588. The van der Waals surface area contributed by atoms with Crippen LogP contribution >= 0.6 is 23.4 Å². The standard InChI is InChI=1S/C17H13ClN4O3S/c18-12-4-2-5-13(8-12)21-15(9-20-17(21)26-10-16(19)23)11-3-1-6-14(7-11)22(24)25/h1-9H,10H2,(H2,19,23). The monoisotopic (exact) mass is 388 g/mol. The number of nitrogens with zero attached hydrogens (tertiary/aromatic N) is 3. The molecule has 0 aliphatic carbocycles. The maximum absolute atomic E-state index is 11.1. The first-order valence-electron chi connectivity index (χ1n) is 7.45. The molecule has 2 N–H and O–H groups in total. The van der Waals surface area contributed by atoms with Gasteiger partial charge in [0.15, 0.2) is 5.16 Å². The topological polar surface area (TPSA) is 104 Å². The molecule has 0 unspecified atom stereocenters. The van der Waals surface area contributed by atoms with Gasteiger partial charge in [-0.1, -0.05) is 41.6 Å². The van der Waals surface area contributed by atoms with E-state index >= 15 is 0 Å². The molecule has 132 valence electrons. The Labute approximate surface area is 157 Å². The molecule has 3 aromatic rings. The van der Waals surface area contributed by atoms with Crippen LogP contribution in [0.1, 0.15) is 0 Å². The SMILES string of the molecule is NC(=O)CSc1ncc(-c2cccc([N+](=O)[O-])c2)n1-c1cccc(Cl)c1. The molecule has 0 spiro atoms. The van der Waals surface area contributed by atoms with Crippen molar-refractivity contribution in [1.29, 1.82) is 0 Å². The Hall–Kier alpha value is -2.84. The maximum Gasteiger partial charge on any atom is 0.270 e. The van der Waals surface area contributed by atoms with Crippen LogP contribution in [0.3, 0.4) is 0 Å². The number of halogens is 1. The summed E-state index contributed by atoms with van der Waals surface area (Å²) in [5.74, 6) is -0.404. The molecular weight excluding hydrogens is 376 g/mol. The maximum atomic E-state index is 11.1. The van der Waals surface area contributed by atoms with Gasteiger partial charge in [-0.05, 0) is 18.2 Å². The van der Waals surface area contributed by atoms with Gasteiger partial charge in [0.2, 0.25) is 5.91 Å². The van der Waals surface area contributed by atoms with Crippen LogP contribution in [0, 0.1) is 10.1 Å². The van der Waals surface area contributed by atoms with E-state index in [0.717, 1.165) is 5.69 Å². The number of aromatic nitrogens is 2. The first-order chi connectivity index (χ1) is 12.5. The van der Waals surface area contributed by atoms with Gasteiger partial charge in [-0.15, -0.1) is 0 Å². The summed E-state index contributed by atoms with van der Waals surface area (Å²) in [4.78, 5) is 26.1. The molecule has 1 aromatic heterocycles. The Balaban J connectivity index is 2.15. The summed E-state index contributed by atoms with van der Waals surface area (Å²) in [5, 5.41) is 12.1. The molecule has 0 aliphatic heterocycles. The summed E-state index contributed by atoms with van der Waals surface area (Å²) in [6.07, 6.45) is 1.60. The van der Waals surface area contributed by atoms with E-state index < -0.39 is 10.8 Å². The van der Waals surface area contributed by atoms with Gasteiger partial charge < -0.3 is 5.73 Å². The fourth-order valence-corrected chi connectivity index (χ4v) is 3.34. The van der Waals surface area contributed by atoms with Crippen molar-refractivity contribution >= 4 is 35.0 Å². The predicted octanol–water partition coefficient (Wildman–Crippen LogP) is 3.68. The van der Waals surface area contributed by atoms with Gasteiger partial charge in [-0.2, -0.15) is 0 Å². The van der Waals surface area contributed by atoms with Gasteiger partial charge in [0, 0.05) is 28.4 Å². The molecule has 0 fully saturated rings. The van der Waals surface area contributed by atoms with E-state index in [-0.39, 0.29) is 11.4 Å². The lowest BCUT2D eigenvalue weighted by atomic mass is 10.1. The lowest BCUT2D eigenvalue weighted by molar-refractivity contribution is -0.384. The Morgan fingerprint density at radius 1 is 1.27 bits per heavy atom. The van der Waals surface area contributed by atoms with Crippen LogP contribution in [0.5, 0.6) is 0 Å². The summed E-state index contributed by atoms with van der Waals surface area (Å²) in [7, 11) is 0. The second-order valence-electron chi connectivity index (χ2n) is 5.30. The predicted molar refractivity (Wildman–Crippen MR) is 101 cm³/mol. The van der Waals surface area contributed by atoms with Crippen molar-refractivity contribution in [2.45, 2.75) is 5.16 Å². The number of thioether (sulfide) groups is 1. The minimum absolute atomic E-state index is 0.0207. The van der Waals surface area contributed by atoms with Crippen LogP contribution in [0.25, 0.3) is 16.9 Å². The van der Waals surface area contributed by atoms with Gasteiger partial charge in [0.25, 0.3) is 5.69 Å². The van der Waals surface area contributed by atoms with Crippen LogP contribution < -0.4 is 5.73 Å². The quantitative estimate of drug-likeness (QED) is 0.394. The summed E-state index contributed by atoms with van der Waals surface area (Å²) in [5.41, 5.74) is 7.20. The number of nitro groups is 1. The number of benzene rings is 2. The number of amides is 1.